The van der Waals surface area contributed by atoms with Gasteiger partial charge in [-0.05, 0) is 12.0 Å². The van der Waals surface area contributed by atoms with Crippen LogP contribution in [0.3, 0.4) is 0 Å². The summed E-state index contributed by atoms with van der Waals surface area (Å²) >= 11 is 6.32. The molecule has 0 spiro atoms. The summed E-state index contributed by atoms with van der Waals surface area (Å²) in [4.78, 5) is 0. The summed E-state index contributed by atoms with van der Waals surface area (Å²) in [5.41, 5.74) is 8.55. The minimum Gasteiger partial charge on any atom is -0.492 e. The van der Waals surface area contributed by atoms with Gasteiger partial charge >= 0.3 is 0 Å². The molecule has 0 aliphatic carbocycles. The van der Waals surface area contributed by atoms with Gasteiger partial charge in [-0.3, -0.25) is 4.68 Å². The van der Waals surface area contributed by atoms with Gasteiger partial charge in [0.2, 0.25) is 0 Å². The number of aromatic nitrogens is 2. The van der Waals surface area contributed by atoms with Crippen molar-refractivity contribution in [2.45, 2.75) is 19.8 Å². The average molecular weight is 310 g/mol. The van der Waals surface area contributed by atoms with Gasteiger partial charge in [0.05, 0.1) is 24.9 Å². The van der Waals surface area contributed by atoms with Gasteiger partial charge in [-0.1, -0.05) is 25.4 Å². The molecule has 0 saturated carbocycles. The van der Waals surface area contributed by atoms with E-state index in [1.165, 1.54) is 0 Å². The molecule has 5 nitrogen and oxygen atoms in total. The van der Waals surface area contributed by atoms with E-state index in [9.17, 15) is 0 Å². The van der Waals surface area contributed by atoms with Crippen molar-refractivity contribution in [3.05, 3.63) is 22.7 Å². The average Bonchev–Trinajstić information content (AvgIpc) is 2.76. The molecule has 0 fully saturated rings. The van der Waals surface area contributed by atoms with Crippen LogP contribution in [0.5, 0.6) is 11.5 Å². The molecule has 21 heavy (non-hydrogen) atoms. The van der Waals surface area contributed by atoms with Gasteiger partial charge in [-0.25, -0.2) is 0 Å². The molecular formula is C15H20ClN3O2. The molecule has 2 rings (SSSR count). The van der Waals surface area contributed by atoms with E-state index in [4.69, 9.17) is 26.8 Å². The molecule has 0 atom stereocenters. The maximum absolute atomic E-state index is 6.32. The van der Waals surface area contributed by atoms with Crippen LogP contribution >= 0.6 is 11.6 Å². The Morgan fingerprint density at radius 3 is 2.24 bits per heavy atom. The van der Waals surface area contributed by atoms with Crippen molar-refractivity contribution in [3.8, 4) is 22.8 Å². The zero-order valence-corrected chi connectivity index (χ0v) is 13.7. The maximum Gasteiger partial charge on any atom is 0.179 e. The largest absolute Gasteiger partial charge is 0.492 e. The van der Waals surface area contributed by atoms with Crippen molar-refractivity contribution in [1.82, 2.24) is 9.78 Å². The monoisotopic (exact) mass is 309 g/mol. The van der Waals surface area contributed by atoms with E-state index in [-0.39, 0.29) is 5.92 Å². The number of aryl methyl sites for hydroxylation is 1. The first-order valence-electron chi connectivity index (χ1n) is 6.64. The van der Waals surface area contributed by atoms with Gasteiger partial charge in [-0.15, -0.1) is 0 Å². The summed E-state index contributed by atoms with van der Waals surface area (Å²) in [6.07, 6.45) is 0. The summed E-state index contributed by atoms with van der Waals surface area (Å²) in [5.74, 6) is 1.98. The van der Waals surface area contributed by atoms with Gasteiger partial charge in [0.1, 0.15) is 5.82 Å². The highest BCUT2D eigenvalue weighted by molar-refractivity contribution is 6.32. The fraction of sp³-hybridized carbons (Fsp3) is 0.400. The lowest BCUT2D eigenvalue weighted by Gasteiger charge is -2.19. The Hall–Kier alpha value is -1.88. The number of hydrogen-bond acceptors (Lipinski definition) is 4. The van der Waals surface area contributed by atoms with Crippen LogP contribution in [-0.4, -0.2) is 24.0 Å². The molecule has 1 heterocycles. The number of anilines is 1. The second kappa shape index (κ2) is 5.85. The van der Waals surface area contributed by atoms with Crippen LogP contribution in [0.4, 0.5) is 5.82 Å². The standard InChI is InChI=1S/C15H20ClN3O2/c1-8(2)13-9(11-7-12(17)19(3)18-11)6-10(16)14(20-4)15(13)21-5/h6-8H,17H2,1-5H3. The third-order valence-corrected chi connectivity index (χ3v) is 3.69. The molecule has 6 heteroatoms. The smallest absolute Gasteiger partial charge is 0.179 e. The Bertz CT molecular complexity index is 646. The van der Waals surface area contributed by atoms with Gasteiger partial charge in [0.15, 0.2) is 11.5 Å². The molecule has 1 aromatic carbocycles. The van der Waals surface area contributed by atoms with Crippen LogP contribution in [0.2, 0.25) is 5.02 Å². The number of nitrogens with two attached hydrogens (primary N) is 1. The SMILES string of the molecule is COc1c(Cl)cc(-c2cc(N)n(C)n2)c(C(C)C)c1OC. The molecule has 2 aromatic rings. The second-order valence-electron chi connectivity index (χ2n) is 5.12. The van der Waals surface area contributed by atoms with E-state index in [0.717, 1.165) is 16.8 Å². The number of nitrogen functional groups attached to an aromatic ring is 1. The zero-order chi connectivity index (χ0) is 15.7. The molecule has 114 valence electrons. The van der Waals surface area contributed by atoms with Crippen LogP contribution in [0.15, 0.2) is 12.1 Å². The zero-order valence-electron chi connectivity index (χ0n) is 12.9. The number of methoxy groups -OCH3 is 2. The molecule has 0 bridgehead atoms. The fourth-order valence-electron chi connectivity index (χ4n) is 2.41. The molecule has 2 N–H and O–H groups in total. The van der Waals surface area contributed by atoms with Crippen LogP contribution in [0, 0.1) is 0 Å². The van der Waals surface area contributed by atoms with E-state index in [1.807, 2.05) is 12.1 Å². The number of halogens is 1. The van der Waals surface area contributed by atoms with Crippen LogP contribution in [-0.2, 0) is 7.05 Å². The number of rotatable bonds is 4. The van der Waals surface area contributed by atoms with Gasteiger partial charge in [-0.2, -0.15) is 5.10 Å². The summed E-state index contributed by atoms with van der Waals surface area (Å²) in [6, 6.07) is 3.67. The van der Waals surface area contributed by atoms with Gasteiger partial charge in [0.25, 0.3) is 0 Å². The third-order valence-electron chi connectivity index (χ3n) is 3.41. The first-order chi connectivity index (χ1) is 9.90. The molecule has 0 amide bonds. The van der Waals surface area contributed by atoms with E-state index in [1.54, 1.807) is 25.9 Å². The molecular weight excluding hydrogens is 290 g/mol. The Morgan fingerprint density at radius 1 is 1.19 bits per heavy atom. The number of benzene rings is 1. The van der Waals surface area contributed by atoms with Crippen molar-refractivity contribution < 1.29 is 9.47 Å². The summed E-state index contributed by atoms with van der Waals surface area (Å²) < 4.78 is 12.5. The Balaban J connectivity index is 2.79. The van der Waals surface area contributed by atoms with E-state index >= 15 is 0 Å². The molecule has 0 aliphatic heterocycles. The highest BCUT2D eigenvalue weighted by Gasteiger charge is 2.23. The summed E-state index contributed by atoms with van der Waals surface area (Å²) in [6.45, 7) is 4.17. The maximum atomic E-state index is 6.32. The van der Waals surface area contributed by atoms with Crippen molar-refractivity contribution in [3.63, 3.8) is 0 Å². The van der Waals surface area contributed by atoms with E-state index in [0.29, 0.717) is 22.3 Å². The topological polar surface area (TPSA) is 62.3 Å². The van der Waals surface area contributed by atoms with E-state index in [2.05, 4.69) is 18.9 Å². The Morgan fingerprint density at radius 2 is 1.81 bits per heavy atom. The Kier molecular flexibility index (Phi) is 4.32. The summed E-state index contributed by atoms with van der Waals surface area (Å²) in [7, 11) is 4.99. The Labute approximate surface area is 129 Å². The van der Waals surface area contributed by atoms with Crippen molar-refractivity contribution in [2.75, 3.05) is 20.0 Å². The molecule has 1 aromatic heterocycles. The number of nitrogens with zero attached hydrogens (tertiary/aromatic N) is 2. The highest BCUT2D eigenvalue weighted by Crippen LogP contribution is 2.46. The quantitative estimate of drug-likeness (QED) is 0.939. The van der Waals surface area contributed by atoms with Crippen molar-refractivity contribution in [1.29, 1.82) is 0 Å². The number of hydrogen-bond donors (Lipinski definition) is 1. The first kappa shape index (κ1) is 15.5. The fourth-order valence-corrected chi connectivity index (χ4v) is 2.69. The minimum absolute atomic E-state index is 0.212. The van der Waals surface area contributed by atoms with Gasteiger partial charge in [0, 0.05) is 24.2 Å². The second-order valence-corrected chi connectivity index (χ2v) is 5.53. The van der Waals surface area contributed by atoms with Crippen molar-refractivity contribution in [2.24, 2.45) is 7.05 Å². The first-order valence-corrected chi connectivity index (χ1v) is 7.02. The lowest BCUT2D eigenvalue weighted by atomic mass is 9.93. The van der Waals surface area contributed by atoms with Crippen molar-refractivity contribution >= 4 is 17.4 Å². The van der Waals surface area contributed by atoms with Crippen LogP contribution < -0.4 is 15.2 Å². The van der Waals surface area contributed by atoms with Crippen LogP contribution in [0.25, 0.3) is 11.3 Å². The number of ether oxygens (including phenoxy) is 2. The van der Waals surface area contributed by atoms with E-state index < -0.39 is 0 Å². The minimum atomic E-state index is 0.212. The lowest BCUT2D eigenvalue weighted by molar-refractivity contribution is 0.351. The normalized spacial score (nSPS) is 11.0. The van der Waals surface area contributed by atoms with Crippen LogP contribution in [0.1, 0.15) is 25.3 Å². The molecule has 0 unspecified atom stereocenters. The lowest BCUT2D eigenvalue weighted by Crippen LogP contribution is -2.02. The summed E-state index contributed by atoms with van der Waals surface area (Å²) in [5, 5.41) is 4.92. The molecule has 0 saturated heterocycles. The predicted octanol–water partition coefficient (Wildman–Crippen LogP) is 3.46. The van der Waals surface area contributed by atoms with Gasteiger partial charge < -0.3 is 15.2 Å². The molecule has 0 aliphatic rings. The predicted molar refractivity (Wildman–Crippen MR) is 85.3 cm³/mol. The highest BCUT2D eigenvalue weighted by atomic mass is 35.5. The third kappa shape index (κ3) is 2.65. The molecule has 0 radical (unpaired) electrons.